The maximum absolute atomic E-state index is 12.5. The summed E-state index contributed by atoms with van der Waals surface area (Å²) < 4.78 is 0. The summed E-state index contributed by atoms with van der Waals surface area (Å²) in [5.41, 5.74) is 3.90. The smallest absolute Gasteiger partial charge is 0.255 e. The minimum atomic E-state index is -0.205. The maximum Gasteiger partial charge on any atom is 0.255 e. The molecule has 0 fully saturated rings. The summed E-state index contributed by atoms with van der Waals surface area (Å²) in [4.78, 5) is 25.8. The van der Waals surface area contributed by atoms with Crippen LogP contribution in [0.2, 0.25) is 0 Å². The molecule has 5 nitrogen and oxygen atoms in total. The number of nitrogens with zero attached hydrogens (tertiary/aromatic N) is 1. The standard InChI is InChI=1S/C19H23N3O2/c1-13-5-10-17(20-14(2)23)18(11-13)21-19(24)16-8-6-15(7-9-16)12-22(3)4/h5-11H,12H2,1-4H3,(H,20,23)(H,21,24). The highest BCUT2D eigenvalue weighted by molar-refractivity contribution is 6.07. The third-order valence-electron chi connectivity index (χ3n) is 3.45. The number of nitrogens with one attached hydrogen (secondary N) is 2. The van der Waals surface area contributed by atoms with Gasteiger partial charge in [-0.3, -0.25) is 9.59 Å². The molecule has 0 aliphatic rings. The lowest BCUT2D eigenvalue weighted by atomic mass is 10.1. The zero-order chi connectivity index (χ0) is 17.7. The van der Waals surface area contributed by atoms with Crippen molar-refractivity contribution in [2.45, 2.75) is 20.4 Å². The van der Waals surface area contributed by atoms with Crippen LogP contribution < -0.4 is 10.6 Å². The van der Waals surface area contributed by atoms with Gasteiger partial charge in [-0.2, -0.15) is 0 Å². The molecule has 0 radical (unpaired) electrons. The van der Waals surface area contributed by atoms with Crippen LogP contribution in [0, 0.1) is 6.92 Å². The Labute approximate surface area is 142 Å². The molecule has 0 bridgehead atoms. The van der Waals surface area contributed by atoms with Crippen LogP contribution >= 0.6 is 0 Å². The molecule has 2 rings (SSSR count). The Morgan fingerprint density at radius 2 is 1.62 bits per heavy atom. The van der Waals surface area contributed by atoms with Gasteiger partial charge in [-0.05, 0) is 56.4 Å². The highest BCUT2D eigenvalue weighted by Gasteiger charge is 2.10. The molecular weight excluding hydrogens is 302 g/mol. The van der Waals surface area contributed by atoms with Crippen LogP contribution in [0.4, 0.5) is 11.4 Å². The Morgan fingerprint density at radius 1 is 0.958 bits per heavy atom. The molecule has 0 spiro atoms. The number of hydrogen-bond donors (Lipinski definition) is 2. The fourth-order valence-corrected chi connectivity index (χ4v) is 2.38. The van der Waals surface area contributed by atoms with Gasteiger partial charge in [-0.25, -0.2) is 0 Å². The number of aryl methyl sites for hydroxylation is 1. The molecular formula is C19H23N3O2. The normalized spacial score (nSPS) is 10.5. The Hall–Kier alpha value is -2.66. The van der Waals surface area contributed by atoms with E-state index in [1.807, 2.05) is 57.4 Å². The zero-order valence-corrected chi connectivity index (χ0v) is 14.5. The van der Waals surface area contributed by atoms with Gasteiger partial charge in [0.05, 0.1) is 11.4 Å². The highest BCUT2D eigenvalue weighted by Crippen LogP contribution is 2.24. The molecule has 0 aliphatic heterocycles. The summed E-state index contributed by atoms with van der Waals surface area (Å²) in [7, 11) is 4.00. The first-order valence-corrected chi connectivity index (χ1v) is 7.78. The van der Waals surface area contributed by atoms with E-state index >= 15 is 0 Å². The molecule has 2 amide bonds. The maximum atomic E-state index is 12.5. The van der Waals surface area contributed by atoms with E-state index in [1.165, 1.54) is 6.92 Å². The van der Waals surface area contributed by atoms with Crippen LogP contribution in [0.15, 0.2) is 42.5 Å². The van der Waals surface area contributed by atoms with Crippen LogP contribution in [0.5, 0.6) is 0 Å². The Balaban J connectivity index is 2.17. The van der Waals surface area contributed by atoms with E-state index in [0.29, 0.717) is 16.9 Å². The molecule has 0 unspecified atom stereocenters. The average molecular weight is 325 g/mol. The summed E-state index contributed by atoms with van der Waals surface area (Å²) in [5, 5.41) is 5.60. The van der Waals surface area contributed by atoms with Crippen LogP contribution in [-0.2, 0) is 11.3 Å². The van der Waals surface area contributed by atoms with Crippen molar-refractivity contribution in [2.75, 3.05) is 24.7 Å². The Bertz CT molecular complexity index is 737. The lowest BCUT2D eigenvalue weighted by molar-refractivity contribution is -0.114. The minimum absolute atomic E-state index is 0.178. The number of carbonyl (C=O) groups is 2. The molecule has 2 N–H and O–H groups in total. The molecule has 0 aliphatic carbocycles. The SMILES string of the molecule is CC(=O)Nc1ccc(C)cc1NC(=O)c1ccc(CN(C)C)cc1. The van der Waals surface area contributed by atoms with Crippen molar-refractivity contribution < 1.29 is 9.59 Å². The van der Waals surface area contributed by atoms with Crippen molar-refractivity contribution >= 4 is 23.2 Å². The first-order chi connectivity index (χ1) is 11.3. The van der Waals surface area contributed by atoms with Gasteiger partial charge in [-0.15, -0.1) is 0 Å². The molecule has 5 heteroatoms. The Morgan fingerprint density at radius 3 is 2.21 bits per heavy atom. The van der Waals surface area contributed by atoms with E-state index in [1.54, 1.807) is 6.07 Å². The lowest BCUT2D eigenvalue weighted by Gasteiger charge is -2.13. The number of rotatable bonds is 5. The molecule has 0 atom stereocenters. The quantitative estimate of drug-likeness (QED) is 0.887. The summed E-state index contributed by atoms with van der Waals surface area (Å²) in [6.45, 7) is 4.20. The molecule has 126 valence electrons. The predicted octanol–water partition coefficient (Wildman–Crippen LogP) is 3.27. The second-order valence-electron chi connectivity index (χ2n) is 6.12. The Kier molecular flexibility index (Phi) is 5.71. The van der Waals surface area contributed by atoms with Crippen molar-refractivity contribution in [3.63, 3.8) is 0 Å². The molecule has 2 aromatic carbocycles. The van der Waals surface area contributed by atoms with Crippen LogP contribution in [0.3, 0.4) is 0 Å². The van der Waals surface area contributed by atoms with E-state index in [-0.39, 0.29) is 11.8 Å². The number of benzene rings is 2. The fourth-order valence-electron chi connectivity index (χ4n) is 2.38. The summed E-state index contributed by atoms with van der Waals surface area (Å²) >= 11 is 0. The van der Waals surface area contributed by atoms with Crippen molar-refractivity contribution in [3.05, 3.63) is 59.2 Å². The van der Waals surface area contributed by atoms with Crippen molar-refractivity contribution in [1.82, 2.24) is 4.90 Å². The monoisotopic (exact) mass is 325 g/mol. The molecule has 24 heavy (non-hydrogen) atoms. The van der Waals surface area contributed by atoms with Gasteiger partial charge in [0.2, 0.25) is 5.91 Å². The topological polar surface area (TPSA) is 61.4 Å². The van der Waals surface area contributed by atoms with Crippen LogP contribution in [0.25, 0.3) is 0 Å². The summed E-state index contributed by atoms with van der Waals surface area (Å²) in [6.07, 6.45) is 0. The third kappa shape index (κ3) is 4.93. The second kappa shape index (κ2) is 7.75. The van der Waals surface area contributed by atoms with Gasteiger partial charge in [0.25, 0.3) is 5.91 Å². The van der Waals surface area contributed by atoms with Crippen molar-refractivity contribution in [2.24, 2.45) is 0 Å². The van der Waals surface area contributed by atoms with Crippen LogP contribution in [-0.4, -0.2) is 30.8 Å². The van der Waals surface area contributed by atoms with Crippen molar-refractivity contribution in [1.29, 1.82) is 0 Å². The highest BCUT2D eigenvalue weighted by atomic mass is 16.2. The average Bonchev–Trinajstić information content (AvgIpc) is 2.49. The van der Waals surface area contributed by atoms with Gasteiger partial charge in [0.15, 0.2) is 0 Å². The second-order valence-corrected chi connectivity index (χ2v) is 6.12. The third-order valence-corrected chi connectivity index (χ3v) is 3.45. The summed E-state index contributed by atoms with van der Waals surface area (Å²) in [5.74, 6) is -0.383. The molecule has 0 heterocycles. The molecule has 0 saturated heterocycles. The van der Waals surface area contributed by atoms with E-state index in [9.17, 15) is 9.59 Å². The predicted molar refractivity (Wildman–Crippen MR) is 97.3 cm³/mol. The number of carbonyl (C=O) groups excluding carboxylic acids is 2. The largest absolute Gasteiger partial charge is 0.325 e. The van der Waals surface area contributed by atoms with Gasteiger partial charge >= 0.3 is 0 Å². The van der Waals surface area contributed by atoms with E-state index in [0.717, 1.165) is 17.7 Å². The van der Waals surface area contributed by atoms with Gasteiger partial charge < -0.3 is 15.5 Å². The van der Waals surface area contributed by atoms with E-state index in [2.05, 4.69) is 15.5 Å². The lowest BCUT2D eigenvalue weighted by Crippen LogP contribution is -2.15. The number of hydrogen-bond acceptors (Lipinski definition) is 3. The van der Waals surface area contributed by atoms with Crippen molar-refractivity contribution in [3.8, 4) is 0 Å². The van der Waals surface area contributed by atoms with E-state index < -0.39 is 0 Å². The molecule has 0 saturated carbocycles. The van der Waals surface area contributed by atoms with E-state index in [4.69, 9.17) is 0 Å². The van der Waals surface area contributed by atoms with Gasteiger partial charge in [0.1, 0.15) is 0 Å². The molecule has 2 aromatic rings. The molecule has 0 aromatic heterocycles. The fraction of sp³-hybridized carbons (Fsp3) is 0.263. The van der Waals surface area contributed by atoms with Crippen LogP contribution in [0.1, 0.15) is 28.4 Å². The first kappa shape index (κ1) is 17.7. The number of amides is 2. The minimum Gasteiger partial charge on any atom is -0.325 e. The van der Waals surface area contributed by atoms with Gasteiger partial charge in [0, 0.05) is 19.0 Å². The number of anilines is 2. The zero-order valence-electron chi connectivity index (χ0n) is 14.5. The summed E-state index contributed by atoms with van der Waals surface area (Å²) in [6, 6.07) is 13.0. The first-order valence-electron chi connectivity index (χ1n) is 7.78. The van der Waals surface area contributed by atoms with Gasteiger partial charge in [-0.1, -0.05) is 18.2 Å².